The summed E-state index contributed by atoms with van der Waals surface area (Å²) in [5.74, 6) is -0.133. The summed E-state index contributed by atoms with van der Waals surface area (Å²) in [5, 5.41) is 12.7. The number of halogens is 1. The minimum Gasteiger partial charge on any atom is -0.493 e. The lowest BCUT2D eigenvalue weighted by Gasteiger charge is -2.17. The molecule has 7 heteroatoms. The molecule has 0 unspecified atom stereocenters. The maximum Gasteiger partial charge on any atom is 0.358 e. The summed E-state index contributed by atoms with van der Waals surface area (Å²) in [6.45, 7) is 3.71. The molecule has 0 bridgehead atoms. The molecule has 1 heterocycles. The van der Waals surface area contributed by atoms with Crippen LogP contribution in [0.1, 0.15) is 24.3 Å². The van der Waals surface area contributed by atoms with Crippen LogP contribution in [0.2, 0.25) is 5.02 Å². The first-order chi connectivity index (χ1) is 9.93. The van der Waals surface area contributed by atoms with Crippen LogP contribution in [-0.2, 0) is 0 Å². The van der Waals surface area contributed by atoms with Crippen LogP contribution in [-0.4, -0.2) is 29.4 Å². The Balaban J connectivity index is 2.61. The van der Waals surface area contributed by atoms with Gasteiger partial charge in [-0.2, -0.15) is 0 Å². The molecule has 1 aromatic heterocycles. The van der Waals surface area contributed by atoms with E-state index in [4.69, 9.17) is 30.7 Å². The first-order valence-corrected chi connectivity index (χ1v) is 6.55. The van der Waals surface area contributed by atoms with E-state index in [-0.39, 0.29) is 17.6 Å². The van der Waals surface area contributed by atoms with Crippen molar-refractivity contribution in [2.24, 2.45) is 0 Å². The Morgan fingerprint density at radius 3 is 2.67 bits per heavy atom. The van der Waals surface area contributed by atoms with E-state index < -0.39 is 5.97 Å². The van der Waals surface area contributed by atoms with Crippen LogP contribution in [0.15, 0.2) is 22.7 Å². The van der Waals surface area contributed by atoms with E-state index in [1.165, 1.54) is 13.2 Å². The number of benzene rings is 1. The van der Waals surface area contributed by atoms with Crippen molar-refractivity contribution in [3.63, 3.8) is 0 Å². The minimum absolute atomic E-state index is 0.127. The molecule has 21 heavy (non-hydrogen) atoms. The number of carboxylic acids is 1. The molecule has 6 nitrogen and oxygen atoms in total. The maximum atomic E-state index is 10.9. The van der Waals surface area contributed by atoms with Gasteiger partial charge in [0.25, 0.3) is 0 Å². The van der Waals surface area contributed by atoms with Gasteiger partial charge in [0.1, 0.15) is 0 Å². The van der Waals surface area contributed by atoms with Crippen molar-refractivity contribution in [1.29, 1.82) is 0 Å². The number of rotatable bonds is 5. The van der Waals surface area contributed by atoms with Gasteiger partial charge in [-0.15, -0.1) is 0 Å². The average molecular weight is 312 g/mol. The van der Waals surface area contributed by atoms with Crippen molar-refractivity contribution < 1.29 is 23.9 Å². The molecule has 0 saturated carbocycles. The van der Waals surface area contributed by atoms with Crippen LogP contribution in [0.3, 0.4) is 0 Å². The van der Waals surface area contributed by atoms with E-state index >= 15 is 0 Å². The van der Waals surface area contributed by atoms with Crippen molar-refractivity contribution in [2.45, 2.75) is 20.0 Å². The molecule has 0 saturated heterocycles. The molecule has 112 valence electrons. The highest BCUT2D eigenvalue weighted by Crippen LogP contribution is 2.43. The zero-order valence-electron chi connectivity index (χ0n) is 11.7. The fourth-order valence-corrected chi connectivity index (χ4v) is 2.02. The Morgan fingerprint density at radius 2 is 2.14 bits per heavy atom. The molecule has 0 radical (unpaired) electrons. The van der Waals surface area contributed by atoms with Gasteiger partial charge in [-0.3, -0.25) is 0 Å². The zero-order chi connectivity index (χ0) is 15.6. The topological polar surface area (TPSA) is 81.8 Å². The van der Waals surface area contributed by atoms with E-state index in [0.717, 1.165) is 0 Å². The summed E-state index contributed by atoms with van der Waals surface area (Å²) < 4.78 is 16.0. The molecule has 2 rings (SSSR count). The number of hydrogen-bond acceptors (Lipinski definition) is 5. The third kappa shape index (κ3) is 3.11. The van der Waals surface area contributed by atoms with E-state index in [1.54, 1.807) is 12.1 Å². The molecule has 0 spiro atoms. The molecule has 2 aromatic rings. The molecule has 0 amide bonds. The van der Waals surface area contributed by atoms with Crippen LogP contribution >= 0.6 is 11.6 Å². The summed E-state index contributed by atoms with van der Waals surface area (Å²) in [4.78, 5) is 10.9. The van der Waals surface area contributed by atoms with Gasteiger partial charge in [-0.25, -0.2) is 4.79 Å². The smallest absolute Gasteiger partial charge is 0.358 e. The van der Waals surface area contributed by atoms with Crippen LogP contribution in [0.4, 0.5) is 0 Å². The summed E-state index contributed by atoms with van der Waals surface area (Å²) in [6.07, 6.45) is -0.127. The van der Waals surface area contributed by atoms with Gasteiger partial charge < -0.3 is 19.1 Å². The molecule has 0 aliphatic heterocycles. The maximum absolute atomic E-state index is 10.9. The molecule has 0 atom stereocenters. The van der Waals surface area contributed by atoms with Crippen LogP contribution in [0.5, 0.6) is 11.5 Å². The van der Waals surface area contributed by atoms with E-state index in [9.17, 15) is 4.79 Å². The van der Waals surface area contributed by atoms with Crippen LogP contribution in [0.25, 0.3) is 11.3 Å². The first-order valence-electron chi connectivity index (χ1n) is 6.17. The quantitative estimate of drug-likeness (QED) is 0.910. The Morgan fingerprint density at radius 1 is 1.43 bits per heavy atom. The van der Waals surface area contributed by atoms with Crippen molar-refractivity contribution in [1.82, 2.24) is 5.16 Å². The molecular formula is C14H14ClNO5. The number of hydrogen-bond donors (Lipinski definition) is 1. The highest BCUT2D eigenvalue weighted by atomic mass is 35.5. The largest absolute Gasteiger partial charge is 0.493 e. The Labute approximate surface area is 126 Å². The van der Waals surface area contributed by atoms with Crippen LogP contribution < -0.4 is 9.47 Å². The molecule has 0 aliphatic carbocycles. The number of carboxylic acid groups (broad SMARTS) is 1. The van der Waals surface area contributed by atoms with Gasteiger partial charge in [0.2, 0.25) is 0 Å². The van der Waals surface area contributed by atoms with Crippen molar-refractivity contribution in [3.8, 4) is 22.8 Å². The summed E-state index contributed by atoms with van der Waals surface area (Å²) in [7, 11) is 1.50. The van der Waals surface area contributed by atoms with Gasteiger partial charge in [0, 0.05) is 6.07 Å². The van der Waals surface area contributed by atoms with E-state index in [0.29, 0.717) is 22.1 Å². The fraction of sp³-hybridized carbons (Fsp3) is 0.286. The van der Waals surface area contributed by atoms with Crippen LogP contribution in [0, 0.1) is 0 Å². The lowest BCUT2D eigenvalue weighted by atomic mass is 10.1. The van der Waals surface area contributed by atoms with Gasteiger partial charge in [0.05, 0.1) is 23.8 Å². The Kier molecular flexibility index (Phi) is 4.37. The second-order valence-corrected chi connectivity index (χ2v) is 4.91. The van der Waals surface area contributed by atoms with Gasteiger partial charge in [0.15, 0.2) is 23.0 Å². The SMILES string of the molecule is COc1ccc(Cl)c(-c2cc(C(=O)O)no2)c1OC(C)C. The van der Waals surface area contributed by atoms with Crippen molar-refractivity contribution in [3.05, 3.63) is 28.9 Å². The number of ether oxygens (including phenoxy) is 2. The van der Waals surface area contributed by atoms with Gasteiger partial charge in [-0.1, -0.05) is 16.8 Å². The third-order valence-corrected chi connectivity index (χ3v) is 2.93. The number of aromatic nitrogens is 1. The lowest BCUT2D eigenvalue weighted by molar-refractivity contribution is 0.0686. The zero-order valence-corrected chi connectivity index (χ0v) is 12.5. The monoisotopic (exact) mass is 311 g/mol. The third-order valence-electron chi connectivity index (χ3n) is 2.62. The highest BCUT2D eigenvalue weighted by Gasteiger charge is 2.22. The highest BCUT2D eigenvalue weighted by molar-refractivity contribution is 6.33. The van der Waals surface area contributed by atoms with Crippen molar-refractivity contribution >= 4 is 17.6 Å². The first kappa shape index (κ1) is 15.2. The minimum atomic E-state index is -1.18. The van der Waals surface area contributed by atoms with Gasteiger partial charge in [-0.05, 0) is 26.0 Å². The molecular weight excluding hydrogens is 298 g/mol. The predicted octanol–water partition coefficient (Wildman–Crippen LogP) is 3.49. The predicted molar refractivity (Wildman–Crippen MR) is 76.2 cm³/mol. The number of nitrogens with zero attached hydrogens (tertiary/aromatic N) is 1. The van der Waals surface area contributed by atoms with Crippen molar-refractivity contribution in [2.75, 3.05) is 7.11 Å². The second-order valence-electron chi connectivity index (χ2n) is 4.50. The Hall–Kier alpha value is -2.21. The molecule has 0 aliphatic rings. The van der Waals surface area contributed by atoms with E-state index in [1.807, 2.05) is 13.8 Å². The lowest BCUT2D eigenvalue weighted by Crippen LogP contribution is -2.08. The average Bonchev–Trinajstić information content (AvgIpc) is 2.88. The summed E-state index contributed by atoms with van der Waals surface area (Å²) in [6, 6.07) is 4.57. The summed E-state index contributed by atoms with van der Waals surface area (Å²) >= 11 is 6.19. The Bertz CT molecular complexity index is 665. The summed E-state index contributed by atoms with van der Waals surface area (Å²) in [5.41, 5.74) is 0.198. The molecule has 0 fully saturated rings. The van der Waals surface area contributed by atoms with Gasteiger partial charge >= 0.3 is 5.97 Å². The molecule has 1 aromatic carbocycles. The number of carbonyl (C=O) groups is 1. The fourth-order valence-electron chi connectivity index (χ4n) is 1.78. The second kappa shape index (κ2) is 6.05. The van der Waals surface area contributed by atoms with E-state index in [2.05, 4.69) is 5.16 Å². The standard InChI is InChI=1S/C14H14ClNO5/c1-7(2)20-13-10(19-3)5-4-8(15)12(13)11-6-9(14(17)18)16-21-11/h4-7H,1-3H3,(H,17,18). The normalized spacial score (nSPS) is 10.7. The number of aromatic carboxylic acids is 1. The number of methoxy groups -OCH3 is 1. The molecule has 1 N–H and O–H groups in total.